The average molecular weight is 273 g/mol. The van der Waals surface area contributed by atoms with E-state index in [2.05, 4.69) is 51.8 Å². The molecule has 2 nitrogen and oxygen atoms in total. The summed E-state index contributed by atoms with van der Waals surface area (Å²) in [4.78, 5) is 0. The van der Waals surface area contributed by atoms with Crippen molar-refractivity contribution in [2.24, 2.45) is 0 Å². The normalized spacial score (nSPS) is 11.2. The van der Waals surface area contributed by atoms with Gasteiger partial charge in [0.1, 0.15) is 0 Å². The van der Waals surface area contributed by atoms with Crippen molar-refractivity contribution in [2.45, 2.75) is 52.0 Å². The zero-order valence-corrected chi connectivity index (χ0v) is 11.3. The minimum Gasteiger partial charge on any atom is -0.269 e. The fourth-order valence-electron chi connectivity index (χ4n) is 1.78. The van der Waals surface area contributed by atoms with Gasteiger partial charge in [-0.1, -0.05) is 29.8 Å². The van der Waals surface area contributed by atoms with Crippen molar-refractivity contribution < 1.29 is 0 Å². The van der Waals surface area contributed by atoms with E-state index in [0.717, 1.165) is 11.8 Å². The molecule has 0 unspecified atom stereocenters. The van der Waals surface area contributed by atoms with Crippen LogP contribution in [0.4, 0.5) is 0 Å². The number of unbranched alkanes of at least 4 members (excludes halogenated alkanes) is 1. The molecule has 0 fully saturated rings. The first kappa shape index (κ1) is 12.8. The Kier molecular flexibility index (Phi) is 5.99. The summed E-state index contributed by atoms with van der Waals surface area (Å²) >= 11 is 3.45. The van der Waals surface area contributed by atoms with E-state index in [1.807, 2.05) is 0 Å². The molecule has 0 aliphatic rings. The molecule has 0 aliphatic carbocycles. The van der Waals surface area contributed by atoms with Crippen molar-refractivity contribution in [3.05, 3.63) is 18.0 Å². The van der Waals surface area contributed by atoms with Gasteiger partial charge in [-0.15, -0.1) is 0 Å². The number of aryl methyl sites for hydroxylation is 1. The van der Waals surface area contributed by atoms with Crippen LogP contribution < -0.4 is 0 Å². The van der Waals surface area contributed by atoms with Crippen LogP contribution in [0.15, 0.2) is 12.3 Å². The summed E-state index contributed by atoms with van der Waals surface area (Å²) in [6.45, 7) is 4.45. The van der Waals surface area contributed by atoms with E-state index in [-0.39, 0.29) is 0 Å². The maximum atomic E-state index is 4.63. The Hall–Kier alpha value is -0.310. The highest BCUT2D eigenvalue weighted by molar-refractivity contribution is 9.09. The van der Waals surface area contributed by atoms with E-state index in [0.29, 0.717) is 6.04 Å². The van der Waals surface area contributed by atoms with E-state index in [1.165, 1.54) is 31.4 Å². The Bertz CT molecular complexity index is 266. The standard InChI is InChI=1S/C12H21BrN2/c1-3-12(4-2)15-10-8-11(14-15)7-5-6-9-13/h8,10,12H,3-7,9H2,1-2H3. The van der Waals surface area contributed by atoms with E-state index in [4.69, 9.17) is 0 Å². The highest BCUT2D eigenvalue weighted by Gasteiger charge is 2.07. The van der Waals surface area contributed by atoms with Crippen molar-refractivity contribution in [3.8, 4) is 0 Å². The van der Waals surface area contributed by atoms with E-state index in [9.17, 15) is 0 Å². The lowest BCUT2D eigenvalue weighted by Gasteiger charge is -2.12. The quantitative estimate of drug-likeness (QED) is 0.543. The maximum Gasteiger partial charge on any atom is 0.0624 e. The second-order valence-corrected chi connectivity index (χ2v) is 4.70. The van der Waals surface area contributed by atoms with Crippen molar-refractivity contribution in [1.82, 2.24) is 9.78 Å². The summed E-state index contributed by atoms with van der Waals surface area (Å²) in [6.07, 6.45) is 8.03. The maximum absolute atomic E-state index is 4.63. The van der Waals surface area contributed by atoms with Gasteiger partial charge in [-0.05, 0) is 38.2 Å². The molecular weight excluding hydrogens is 252 g/mol. The molecule has 0 atom stereocenters. The second kappa shape index (κ2) is 7.04. The summed E-state index contributed by atoms with van der Waals surface area (Å²) < 4.78 is 2.13. The molecule has 86 valence electrons. The van der Waals surface area contributed by atoms with Crippen LogP contribution in [-0.4, -0.2) is 15.1 Å². The van der Waals surface area contributed by atoms with Gasteiger partial charge in [0.15, 0.2) is 0 Å². The third-order valence-electron chi connectivity index (χ3n) is 2.80. The minimum atomic E-state index is 0.579. The van der Waals surface area contributed by atoms with Crippen LogP contribution >= 0.6 is 15.9 Å². The Balaban J connectivity index is 2.47. The average Bonchev–Trinajstić information content (AvgIpc) is 2.69. The van der Waals surface area contributed by atoms with Gasteiger partial charge in [0.2, 0.25) is 0 Å². The third-order valence-corrected chi connectivity index (χ3v) is 3.36. The van der Waals surface area contributed by atoms with E-state index < -0.39 is 0 Å². The molecule has 0 saturated carbocycles. The Morgan fingerprint density at radius 2 is 2.07 bits per heavy atom. The third kappa shape index (κ3) is 3.98. The summed E-state index contributed by atoms with van der Waals surface area (Å²) in [6, 6.07) is 2.74. The fourth-order valence-corrected chi connectivity index (χ4v) is 2.17. The molecule has 1 rings (SSSR count). The molecule has 1 heterocycles. The topological polar surface area (TPSA) is 17.8 Å². The van der Waals surface area contributed by atoms with Gasteiger partial charge in [-0.3, -0.25) is 4.68 Å². The number of halogens is 1. The zero-order chi connectivity index (χ0) is 11.1. The van der Waals surface area contributed by atoms with Gasteiger partial charge in [-0.2, -0.15) is 5.10 Å². The first-order chi connectivity index (χ1) is 7.31. The van der Waals surface area contributed by atoms with E-state index >= 15 is 0 Å². The van der Waals surface area contributed by atoms with Crippen LogP contribution in [0.5, 0.6) is 0 Å². The lowest BCUT2D eigenvalue weighted by atomic mass is 10.2. The minimum absolute atomic E-state index is 0.579. The van der Waals surface area contributed by atoms with Crippen molar-refractivity contribution in [2.75, 3.05) is 5.33 Å². The first-order valence-electron chi connectivity index (χ1n) is 5.91. The zero-order valence-electron chi connectivity index (χ0n) is 9.75. The molecule has 0 amide bonds. The largest absolute Gasteiger partial charge is 0.269 e. The summed E-state index contributed by atoms with van der Waals surface area (Å²) in [5.41, 5.74) is 1.24. The molecule has 0 aromatic carbocycles. The summed E-state index contributed by atoms with van der Waals surface area (Å²) in [5, 5.41) is 5.72. The van der Waals surface area contributed by atoms with Crippen molar-refractivity contribution in [1.29, 1.82) is 0 Å². The molecule has 0 bridgehead atoms. The number of hydrogen-bond donors (Lipinski definition) is 0. The van der Waals surface area contributed by atoms with E-state index in [1.54, 1.807) is 0 Å². The Labute approximate surface area is 101 Å². The van der Waals surface area contributed by atoms with Gasteiger partial charge in [0.05, 0.1) is 11.7 Å². The van der Waals surface area contributed by atoms with Crippen molar-refractivity contribution in [3.63, 3.8) is 0 Å². The molecule has 0 aliphatic heterocycles. The van der Waals surface area contributed by atoms with Crippen LogP contribution in [0, 0.1) is 0 Å². The van der Waals surface area contributed by atoms with Gasteiger partial charge in [0.25, 0.3) is 0 Å². The number of alkyl halides is 1. The Morgan fingerprint density at radius 3 is 2.67 bits per heavy atom. The number of aromatic nitrogens is 2. The molecule has 0 spiro atoms. The number of rotatable bonds is 7. The highest BCUT2D eigenvalue weighted by atomic mass is 79.9. The molecule has 0 N–H and O–H groups in total. The number of nitrogens with zero attached hydrogens (tertiary/aromatic N) is 2. The summed E-state index contributed by atoms with van der Waals surface area (Å²) in [7, 11) is 0. The fraction of sp³-hybridized carbons (Fsp3) is 0.750. The molecule has 1 aromatic heterocycles. The molecule has 0 radical (unpaired) electrons. The van der Waals surface area contributed by atoms with Gasteiger partial charge >= 0.3 is 0 Å². The van der Waals surface area contributed by atoms with Crippen LogP contribution in [-0.2, 0) is 6.42 Å². The number of hydrogen-bond acceptors (Lipinski definition) is 1. The predicted molar refractivity (Wildman–Crippen MR) is 68.6 cm³/mol. The highest BCUT2D eigenvalue weighted by Crippen LogP contribution is 2.15. The molecule has 1 aromatic rings. The van der Waals surface area contributed by atoms with Crippen LogP contribution in [0.3, 0.4) is 0 Å². The van der Waals surface area contributed by atoms with Gasteiger partial charge in [0, 0.05) is 11.5 Å². The summed E-state index contributed by atoms with van der Waals surface area (Å²) in [5.74, 6) is 0. The second-order valence-electron chi connectivity index (χ2n) is 3.90. The molecular formula is C12H21BrN2. The van der Waals surface area contributed by atoms with Gasteiger partial charge < -0.3 is 0 Å². The van der Waals surface area contributed by atoms with Crippen LogP contribution in [0.2, 0.25) is 0 Å². The molecule has 3 heteroatoms. The lowest BCUT2D eigenvalue weighted by Crippen LogP contribution is -2.07. The molecule has 0 saturated heterocycles. The Morgan fingerprint density at radius 1 is 1.33 bits per heavy atom. The lowest BCUT2D eigenvalue weighted by molar-refractivity contribution is 0.425. The molecule has 15 heavy (non-hydrogen) atoms. The monoisotopic (exact) mass is 272 g/mol. The first-order valence-corrected chi connectivity index (χ1v) is 7.04. The smallest absolute Gasteiger partial charge is 0.0624 e. The van der Waals surface area contributed by atoms with Crippen molar-refractivity contribution >= 4 is 15.9 Å². The SMILES string of the molecule is CCC(CC)n1ccc(CCCCBr)n1. The predicted octanol–water partition coefficient (Wildman–Crippen LogP) is 3.96. The van der Waals surface area contributed by atoms with Crippen LogP contribution in [0.1, 0.15) is 51.3 Å². The van der Waals surface area contributed by atoms with Crippen LogP contribution in [0.25, 0.3) is 0 Å². The van der Waals surface area contributed by atoms with Gasteiger partial charge in [-0.25, -0.2) is 0 Å².